The number of fused-ring (bicyclic) bond motifs is 1. The predicted octanol–water partition coefficient (Wildman–Crippen LogP) is 2.83. The third-order valence-electron chi connectivity index (χ3n) is 7.09. The number of amides is 2. The molecule has 0 spiro atoms. The van der Waals surface area contributed by atoms with Crippen molar-refractivity contribution in [3.63, 3.8) is 0 Å². The molecule has 3 heterocycles. The topological polar surface area (TPSA) is 53.1 Å². The van der Waals surface area contributed by atoms with E-state index in [9.17, 15) is 9.59 Å². The van der Waals surface area contributed by atoms with Crippen molar-refractivity contribution in [3.8, 4) is 5.75 Å². The molecule has 1 aromatic carbocycles. The number of nitrogens with zero attached hydrogens (tertiary/aromatic N) is 3. The summed E-state index contributed by atoms with van der Waals surface area (Å²) in [6, 6.07) is 6.81. The molecule has 0 N–H and O–H groups in total. The average Bonchev–Trinajstić information content (AvgIpc) is 3.14. The van der Waals surface area contributed by atoms with Crippen molar-refractivity contribution in [3.05, 3.63) is 29.3 Å². The molecule has 6 heteroatoms. The highest BCUT2D eigenvalue weighted by molar-refractivity contribution is 5.78. The Balaban J connectivity index is 1.31. The van der Waals surface area contributed by atoms with E-state index in [2.05, 4.69) is 34.9 Å². The number of carbonyl (C=O) groups is 2. The lowest BCUT2D eigenvalue weighted by atomic mass is 9.83. The summed E-state index contributed by atoms with van der Waals surface area (Å²) in [6.45, 7) is 7.61. The highest BCUT2D eigenvalue weighted by atomic mass is 16.5. The predicted molar refractivity (Wildman–Crippen MR) is 116 cm³/mol. The lowest BCUT2D eigenvalue weighted by Crippen LogP contribution is -2.56. The van der Waals surface area contributed by atoms with Gasteiger partial charge in [-0.15, -0.1) is 0 Å². The maximum Gasteiger partial charge on any atom is 0.222 e. The summed E-state index contributed by atoms with van der Waals surface area (Å²) >= 11 is 0. The molecule has 0 aliphatic carbocycles. The molecule has 0 unspecified atom stereocenters. The van der Waals surface area contributed by atoms with Crippen molar-refractivity contribution in [2.24, 2.45) is 5.92 Å². The Bertz CT molecular complexity index is 781. The minimum absolute atomic E-state index is 0.278. The van der Waals surface area contributed by atoms with Gasteiger partial charge in [-0.1, -0.05) is 12.1 Å². The zero-order chi connectivity index (χ0) is 21.1. The Hall–Kier alpha value is -2.08. The van der Waals surface area contributed by atoms with Crippen molar-refractivity contribution in [2.45, 2.75) is 58.0 Å². The van der Waals surface area contributed by atoms with E-state index in [-0.39, 0.29) is 5.91 Å². The SMILES string of the molecule is COc1ccc(CN2CC[C@H]3[C@H](CCC(=O)N3CCCN3CCCC3=O)C2)cc1C. The normalized spacial score (nSPS) is 25.0. The van der Waals surface area contributed by atoms with Crippen LogP contribution in [0.2, 0.25) is 0 Å². The molecule has 4 rings (SSSR count). The second-order valence-electron chi connectivity index (χ2n) is 9.12. The van der Waals surface area contributed by atoms with Crippen LogP contribution in [0.4, 0.5) is 0 Å². The van der Waals surface area contributed by atoms with Crippen molar-refractivity contribution in [1.82, 2.24) is 14.7 Å². The average molecular weight is 414 g/mol. The summed E-state index contributed by atoms with van der Waals surface area (Å²) in [7, 11) is 1.71. The lowest BCUT2D eigenvalue weighted by Gasteiger charge is -2.47. The summed E-state index contributed by atoms with van der Waals surface area (Å²) in [5.74, 6) is 2.09. The van der Waals surface area contributed by atoms with E-state index in [1.165, 1.54) is 11.1 Å². The van der Waals surface area contributed by atoms with Gasteiger partial charge in [0, 0.05) is 58.2 Å². The number of ether oxygens (including phenoxy) is 1. The zero-order valence-corrected chi connectivity index (χ0v) is 18.4. The molecule has 6 nitrogen and oxygen atoms in total. The Labute approximate surface area is 180 Å². The molecular weight excluding hydrogens is 378 g/mol. The van der Waals surface area contributed by atoms with Crippen molar-refractivity contribution < 1.29 is 14.3 Å². The number of rotatable bonds is 7. The summed E-state index contributed by atoms with van der Waals surface area (Å²) in [5, 5.41) is 0. The summed E-state index contributed by atoms with van der Waals surface area (Å²) in [6.07, 6.45) is 5.29. The molecule has 3 aliphatic heterocycles. The first-order chi connectivity index (χ1) is 14.5. The van der Waals surface area contributed by atoms with Crippen LogP contribution in [-0.2, 0) is 16.1 Å². The van der Waals surface area contributed by atoms with Gasteiger partial charge < -0.3 is 14.5 Å². The number of hydrogen-bond acceptors (Lipinski definition) is 4. The highest BCUT2D eigenvalue weighted by Gasteiger charge is 2.39. The van der Waals surface area contributed by atoms with Gasteiger partial charge in [0.1, 0.15) is 5.75 Å². The first-order valence-corrected chi connectivity index (χ1v) is 11.5. The molecule has 164 valence electrons. The molecule has 30 heavy (non-hydrogen) atoms. The molecule has 3 fully saturated rings. The van der Waals surface area contributed by atoms with Gasteiger partial charge in [-0.3, -0.25) is 14.5 Å². The number of methoxy groups -OCH3 is 1. The van der Waals surface area contributed by atoms with Crippen LogP contribution in [0.1, 0.15) is 49.7 Å². The van der Waals surface area contributed by atoms with Crippen LogP contribution >= 0.6 is 0 Å². The second kappa shape index (κ2) is 9.38. The molecular formula is C24H35N3O3. The summed E-state index contributed by atoms with van der Waals surface area (Å²) in [4.78, 5) is 31.1. The van der Waals surface area contributed by atoms with Gasteiger partial charge in [-0.05, 0) is 55.7 Å². The molecule has 0 aromatic heterocycles. The van der Waals surface area contributed by atoms with E-state index in [1.807, 2.05) is 4.90 Å². The molecule has 3 saturated heterocycles. The first kappa shape index (κ1) is 21.2. The number of benzene rings is 1. The number of carbonyl (C=O) groups excluding carboxylic acids is 2. The number of likely N-dealkylation sites (tertiary alicyclic amines) is 3. The van der Waals surface area contributed by atoms with Crippen molar-refractivity contribution in [1.29, 1.82) is 0 Å². The number of aryl methyl sites for hydroxylation is 1. The Morgan fingerprint density at radius 2 is 1.93 bits per heavy atom. The number of hydrogen-bond donors (Lipinski definition) is 0. The van der Waals surface area contributed by atoms with Crippen LogP contribution in [-0.4, -0.2) is 72.4 Å². The van der Waals surface area contributed by atoms with Crippen LogP contribution in [0.15, 0.2) is 18.2 Å². The third kappa shape index (κ3) is 4.64. The van der Waals surface area contributed by atoms with Crippen molar-refractivity contribution >= 4 is 11.8 Å². The molecule has 1 aromatic rings. The van der Waals surface area contributed by atoms with Gasteiger partial charge in [-0.2, -0.15) is 0 Å². The Morgan fingerprint density at radius 3 is 2.67 bits per heavy atom. The molecule has 2 amide bonds. The van der Waals surface area contributed by atoms with Gasteiger partial charge in [-0.25, -0.2) is 0 Å². The third-order valence-corrected chi connectivity index (χ3v) is 7.09. The van der Waals surface area contributed by atoms with Crippen LogP contribution < -0.4 is 4.74 Å². The van der Waals surface area contributed by atoms with E-state index in [0.717, 1.165) is 70.7 Å². The first-order valence-electron chi connectivity index (χ1n) is 11.5. The largest absolute Gasteiger partial charge is 0.496 e. The van der Waals surface area contributed by atoms with Gasteiger partial charge in [0.05, 0.1) is 7.11 Å². The summed E-state index contributed by atoms with van der Waals surface area (Å²) < 4.78 is 5.38. The minimum Gasteiger partial charge on any atom is -0.496 e. The quantitative estimate of drug-likeness (QED) is 0.690. The Morgan fingerprint density at radius 1 is 1.07 bits per heavy atom. The molecule has 0 bridgehead atoms. The molecule has 2 atom stereocenters. The van der Waals surface area contributed by atoms with Crippen LogP contribution in [0.25, 0.3) is 0 Å². The van der Waals surface area contributed by atoms with Crippen LogP contribution in [0, 0.1) is 12.8 Å². The van der Waals surface area contributed by atoms with E-state index in [0.29, 0.717) is 30.7 Å². The van der Waals surface area contributed by atoms with E-state index in [1.54, 1.807) is 7.11 Å². The van der Waals surface area contributed by atoms with Crippen LogP contribution in [0.5, 0.6) is 5.75 Å². The minimum atomic E-state index is 0.278. The van der Waals surface area contributed by atoms with E-state index < -0.39 is 0 Å². The monoisotopic (exact) mass is 413 g/mol. The zero-order valence-electron chi connectivity index (χ0n) is 18.4. The fourth-order valence-corrected chi connectivity index (χ4v) is 5.53. The standard InChI is InChI=1S/C24H35N3O3/c1-18-15-19(6-8-22(18)30-2)16-25-14-10-21-20(17-25)7-9-24(29)27(21)13-4-12-26-11-3-5-23(26)28/h6,8,15,20-21H,3-5,7,9-14,16-17H2,1-2H3/t20-,21+/m1/s1. The van der Waals surface area contributed by atoms with Crippen LogP contribution in [0.3, 0.4) is 0 Å². The van der Waals surface area contributed by atoms with E-state index >= 15 is 0 Å². The van der Waals surface area contributed by atoms with E-state index in [4.69, 9.17) is 4.74 Å². The Kier molecular flexibility index (Phi) is 6.61. The maximum atomic E-state index is 12.6. The highest BCUT2D eigenvalue weighted by Crippen LogP contribution is 2.32. The fourth-order valence-electron chi connectivity index (χ4n) is 5.53. The van der Waals surface area contributed by atoms with Gasteiger partial charge in [0.2, 0.25) is 11.8 Å². The second-order valence-corrected chi connectivity index (χ2v) is 9.12. The molecule has 0 radical (unpaired) electrons. The molecule has 0 saturated carbocycles. The fraction of sp³-hybridized carbons (Fsp3) is 0.667. The maximum absolute atomic E-state index is 12.6. The summed E-state index contributed by atoms with van der Waals surface area (Å²) in [5.41, 5.74) is 2.50. The smallest absolute Gasteiger partial charge is 0.222 e. The molecule has 3 aliphatic rings. The van der Waals surface area contributed by atoms with Gasteiger partial charge in [0.25, 0.3) is 0 Å². The van der Waals surface area contributed by atoms with Crippen molar-refractivity contribution in [2.75, 3.05) is 39.8 Å². The van der Waals surface area contributed by atoms with Gasteiger partial charge in [0.15, 0.2) is 0 Å². The number of piperidine rings is 2. The lowest BCUT2D eigenvalue weighted by molar-refractivity contribution is -0.141. The van der Waals surface area contributed by atoms with Gasteiger partial charge >= 0.3 is 0 Å².